The van der Waals surface area contributed by atoms with Gasteiger partial charge in [0.1, 0.15) is 5.82 Å². The van der Waals surface area contributed by atoms with Crippen LogP contribution in [0.1, 0.15) is 12.8 Å². The Labute approximate surface area is 94.7 Å². The van der Waals surface area contributed by atoms with Gasteiger partial charge in [0.25, 0.3) is 0 Å². The van der Waals surface area contributed by atoms with Crippen LogP contribution in [0.15, 0.2) is 24.3 Å². The summed E-state index contributed by atoms with van der Waals surface area (Å²) in [4.78, 5) is 2.05. The predicted molar refractivity (Wildman–Crippen MR) is 61.9 cm³/mol. The summed E-state index contributed by atoms with van der Waals surface area (Å²) in [6.07, 6.45) is 1.65. The van der Waals surface area contributed by atoms with Crippen molar-refractivity contribution in [2.45, 2.75) is 18.4 Å². The molecule has 0 aliphatic carbocycles. The van der Waals surface area contributed by atoms with Crippen LogP contribution < -0.4 is 10.6 Å². The second-order valence-corrected chi connectivity index (χ2v) is 4.43. The van der Waals surface area contributed by atoms with Gasteiger partial charge in [-0.15, -0.1) is 0 Å². The first-order chi connectivity index (χ1) is 7.63. The minimum atomic E-state index is -0.799. The zero-order chi connectivity index (χ0) is 11.6. The third-order valence-corrected chi connectivity index (χ3v) is 3.13. The number of piperidine rings is 1. The molecule has 88 valence electrons. The lowest BCUT2D eigenvalue weighted by molar-refractivity contribution is 0.0347. The molecule has 1 atom stereocenters. The molecule has 0 spiro atoms. The molecule has 0 aromatic heterocycles. The third-order valence-electron chi connectivity index (χ3n) is 3.13. The van der Waals surface area contributed by atoms with Crippen LogP contribution in [-0.2, 0) is 0 Å². The van der Waals surface area contributed by atoms with Crippen molar-refractivity contribution in [2.75, 3.05) is 24.5 Å². The molecular weight excluding hydrogens is 207 g/mol. The Balaban J connectivity index is 2.12. The maximum absolute atomic E-state index is 12.8. The molecule has 1 unspecified atom stereocenters. The Kier molecular flexibility index (Phi) is 3.12. The van der Waals surface area contributed by atoms with E-state index in [0.717, 1.165) is 25.1 Å². The summed E-state index contributed by atoms with van der Waals surface area (Å²) < 4.78 is 12.8. The van der Waals surface area contributed by atoms with Crippen LogP contribution in [0.3, 0.4) is 0 Å². The summed E-state index contributed by atoms with van der Waals surface area (Å²) in [5.41, 5.74) is 5.70. The maximum Gasteiger partial charge on any atom is 0.123 e. The first-order valence-electron chi connectivity index (χ1n) is 5.56. The Morgan fingerprint density at radius 3 is 2.69 bits per heavy atom. The van der Waals surface area contributed by atoms with Crippen LogP contribution >= 0.6 is 0 Å². The normalized spacial score (nSPS) is 25.8. The quantitative estimate of drug-likeness (QED) is 0.791. The van der Waals surface area contributed by atoms with E-state index in [-0.39, 0.29) is 12.4 Å². The monoisotopic (exact) mass is 224 g/mol. The van der Waals surface area contributed by atoms with Crippen molar-refractivity contribution in [3.05, 3.63) is 30.1 Å². The minimum Gasteiger partial charge on any atom is -0.387 e. The van der Waals surface area contributed by atoms with Gasteiger partial charge in [0.2, 0.25) is 0 Å². The highest BCUT2D eigenvalue weighted by molar-refractivity contribution is 5.47. The number of rotatable bonds is 2. The van der Waals surface area contributed by atoms with E-state index in [0.29, 0.717) is 6.54 Å². The maximum atomic E-state index is 12.8. The average molecular weight is 224 g/mol. The van der Waals surface area contributed by atoms with Gasteiger partial charge in [0.05, 0.1) is 5.60 Å². The average Bonchev–Trinajstić information content (AvgIpc) is 2.30. The number of nitrogens with two attached hydrogens (primary N) is 1. The minimum absolute atomic E-state index is 0.241. The van der Waals surface area contributed by atoms with E-state index in [4.69, 9.17) is 5.73 Å². The highest BCUT2D eigenvalue weighted by Gasteiger charge is 2.31. The fraction of sp³-hybridized carbons (Fsp3) is 0.500. The lowest BCUT2D eigenvalue weighted by Gasteiger charge is -2.39. The number of benzene rings is 1. The molecule has 1 saturated heterocycles. The molecule has 0 saturated carbocycles. The number of aliphatic hydroxyl groups is 1. The number of hydrogen-bond donors (Lipinski definition) is 2. The van der Waals surface area contributed by atoms with E-state index in [1.807, 2.05) is 0 Å². The summed E-state index contributed by atoms with van der Waals surface area (Å²) in [7, 11) is 0. The second kappa shape index (κ2) is 4.39. The number of halogens is 1. The van der Waals surface area contributed by atoms with Crippen molar-refractivity contribution in [1.82, 2.24) is 0 Å². The highest BCUT2D eigenvalue weighted by atomic mass is 19.1. The van der Waals surface area contributed by atoms with Crippen molar-refractivity contribution < 1.29 is 9.50 Å². The molecule has 4 heteroatoms. The third kappa shape index (κ3) is 2.33. The van der Waals surface area contributed by atoms with Gasteiger partial charge in [-0.3, -0.25) is 0 Å². The van der Waals surface area contributed by atoms with Crippen LogP contribution in [0.2, 0.25) is 0 Å². The van der Waals surface area contributed by atoms with E-state index >= 15 is 0 Å². The molecule has 2 rings (SSSR count). The molecule has 0 bridgehead atoms. The Bertz CT molecular complexity index is 355. The first kappa shape index (κ1) is 11.4. The molecule has 1 aliphatic heterocycles. The van der Waals surface area contributed by atoms with Gasteiger partial charge in [0, 0.05) is 25.3 Å². The summed E-state index contributed by atoms with van der Waals surface area (Å²) in [6, 6.07) is 6.34. The fourth-order valence-electron chi connectivity index (χ4n) is 2.15. The highest BCUT2D eigenvalue weighted by Crippen LogP contribution is 2.25. The van der Waals surface area contributed by atoms with Crippen LogP contribution in [0, 0.1) is 5.82 Å². The van der Waals surface area contributed by atoms with Gasteiger partial charge in [-0.2, -0.15) is 0 Å². The molecule has 0 radical (unpaired) electrons. The van der Waals surface area contributed by atoms with Gasteiger partial charge in [-0.1, -0.05) is 0 Å². The number of β-amino-alcohol motifs (C(OH)–C–C–N with tert-alkyl or cyclic N) is 1. The van der Waals surface area contributed by atoms with Gasteiger partial charge in [0.15, 0.2) is 0 Å². The lowest BCUT2D eigenvalue weighted by Crippen LogP contribution is -2.52. The van der Waals surface area contributed by atoms with E-state index in [1.165, 1.54) is 12.1 Å². The molecule has 1 aliphatic rings. The lowest BCUT2D eigenvalue weighted by atomic mass is 9.92. The van der Waals surface area contributed by atoms with Gasteiger partial charge < -0.3 is 15.7 Å². The fourth-order valence-corrected chi connectivity index (χ4v) is 2.15. The molecule has 1 heterocycles. The van der Waals surface area contributed by atoms with E-state index in [1.54, 1.807) is 12.1 Å². The standard InChI is InChI=1S/C12H17FN2O/c13-10-2-4-11(5-3-10)15-7-1-6-12(16,8-14)9-15/h2-5,16H,1,6-9,14H2. The molecule has 1 aromatic rings. The van der Waals surface area contributed by atoms with Crippen molar-refractivity contribution in [3.63, 3.8) is 0 Å². The topological polar surface area (TPSA) is 49.5 Å². The van der Waals surface area contributed by atoms with Crippen molar-refractivity contribution in [2.24, 2.45) is 5.73 Å². The first-order valence-corrected chi connectivity index (χ1v) is 5.56. The molecule has 1 aromatic carbocycles. The predicted octanol–water partition coefficient (Wildman–Crippen LogP) is 1.12. The van der Waals surface area contributed by atoms with Crippen molar-refractivity contribution in [3.8, 4) is 0 Å². The van der Waals surface area contributed by atoms with Gasteiger partial charge in [-0.25, -0.2) is 4.39 Å². The summed E-state index contributed by atoms with van der Waals surface area (Å²) in [5, 5.41) is 10.1. The number of anilines is 1. The summed E-state index contributed by atoms with van der Waals surface area (Å²) >= 11 is 0. The van der Waals surface area contributed by atoms with Crippen molar-refractivity contribution in [1.29, 1.82) is 0 Å². The van der Waals surface area contributed by atoms with Crippen LogP contribution in [0.4, 0.5) is 10.1 Å². The molecule has 3 nitrogen and oxygen atoms in total. The second-order valence-electron chi connectivity index (χ2n) is 4.43. The van der Waals surface area contributed by atoms with E-state index in [2.05, 4.69) is 4.90 Å². The number of nitrogens with zero attached hydrogens (tertiary/aromatic N) is 1. The largest absolute Gasteiger partial charge is 0.387 e. The molecule has 1 fully saturated rings. The van der Waals surface area contributed by atoms with Crippen LogP contribution in [-0.4, -0.2) is 30.3 Å². The van der Waals surface area contributed by atoms with Gasteiger partial charge in [-0.05, 0) is 37.1 Å². The smallest absolute Gasteiger partial charge is 0.123 e. The van der Waals surface area contributed by atoms with E-state index in [9.17, 15) is 9.50 Å². The Morgan fingerprint density at radius 2 is 2.06 bits per heavy atom. The Morgan fingerprint density at radius 1 is 1.38 bits per heavy atom. The zero-order valence-electron chi connectivity index (χ0n) is 9.19. The van der Waals surface area contributed by atoms with Crippen LogP contribution in [0.25, 0.3) is 0 Å². The van der Waals surface area contributed by atoms with Gasteiger partial charge >= 0.3 is 0 Å². The SMILES string of the molecule is NCC1(O)CCCN(c2ccc(F)cc2)C1. The van der Waals surface area contributed by atoms with Crippen LogP contribution in [0.5, 0.6) is 0 Å². The summed E-state index contributed by atoms with van der Waals surface area (Å²) in [6.45, 7) is 1.67. The molecule has 16 heavy (non-hydrogen) atoms. The molecule has 3 N–H and O–H groups in total. The van der Waals surface area contributed by atoms with E-state index < -0.39 is 5.60 Å². The van der Waals surface area contributed by atoms with Crippen molar-refractivity contribution >= 4 is 5.69 Å². The molecule has 0 amide bonds. The Hall–Kier alpha value is -1.13. The summed E-state index contributed by atoms with van der Waals surface area (Å²) in [5.74, 6) is -0.241. The zero-order valence-corrected chi connectivity index (χ0v) is 9.19. The molecular formula is C12H17FN2O. The number of hydrogen-bond acceptors (Lipinski definition) is 3.